The molecule has 0 bridgehead atoms. The number of benzene rings is 1. The smallest absolute Gasteiger partial charge is 0.241 e. The second kappa shape index (κ2) is 7.40. The monoisotopic (exact) mass is 365 g/mol. The first-order valence-corrected chi connectivity index (χ1v) is 9.16. The number of rotatable bonds is 5. The summed E-state index contributed by atoms with van der Waals surface area (Å²) in [6, 6.07) is 3.77. The third kappa shape index (κ3) is 3.65. The molecule has 24 heavy (non-hydrogen) atoms. The van der Waals surface area contributed by atoms with Crippen LogP contribution in [-0.2, 0) is 4.79 Å². The molecule has 1 aromatic heterocycles. The number of hydrogen-bond donors (Lipinski definition) is 1. The first-order chi connectivity index (χ1) is 11.6. The fraction of sp³-hybridized carbons (Fsp3) is 0.412. The molecule has 0 spiro atoms. The number of hydrogen-bond acceptors (Lipinski definition) is 5. The van der Waals surface area contributed by atoms with E-state index in [0.717, 1.165) is 53.6 Å². The number of aryl methyl sites for hydroxylation is 1. The summed E-state index contributed by atoms with van der Waals surface area (Å²) in [7, 11) is 1.63. The zero-order valence-electron chi connectivity index (χ0n) is 13.8. The molecule has 1 N–H and O–H groups in total. The fourth-order valence-electron chi connectivity index (χ4n) is 2.73. The van der Waals surface area contributed by atoms with Gasteiger partial charge in [0.05, 0.1) is 19.3 Å². The molecule has 0 saturated carbocycles. The zero-order chi connectivity index (χ0) is 17.1. The van der Waals surface area contributed by atoms with Gasteiger partial charge < -0.3 is 15.0 Å². The molecule has 2 heterocycles. The van der Waals surface area contributed by atoms with E-state index < -0.39 is 0 Å². The predicted octanol–water partition coefficient (Wildman–Crippen LogP) is 3.81. The van der Waals surface area contributed by atoms with Crippen LogP contribution in [0.25, 0.3) is 11.3 Å². The number of ether oxygens (including phenoxy) is 1. The molecule has 0 aliphatic carbocycles. The van der Waals surface area contributed by atoms with Crippen LogP contribution >= 0.6 is 22.9 Å². The first-order valence-electron chi connectivity index (χ1n) is 7.90. The number of halogens is 1. The Balaban J connectivity index is 1.71. The van der Waals surface area contributed by atoms with E-state index in [2.05, 4.69) is 10.3 Å². The largest absolute Gasteiger partial charge is 0.496 e. The molecule has 1 saturated heterocycles. The van der Waals surface area contributed by atoms with Gasteiger partial charge in [-0.05, 0) is 37.5 Å². The maximum atomic E-state index is 12.1. The van der Waals surface area contributed by atoms with Crippen molar-refractivity contribution in [3.63, 3.8) is 0 Å². The van der Waals surface area contributed by atoms with Gasteiger partial charge in [-0.25, -0.2) is 4.98 Å². The van der Waals surface area contributed by atoms with Crippen LogP contribution < -0.4 is 10.1 Å². The summed E-state index contributed by atoms with van der Waals surface area (Å²) in [5.74, 6) is 0.863. The number of nitrogens with zero attached hydrogens (tertiary/aromatic N) is 2. The molecule has 5 nitrogen and oxygen atoms in total. The molecule has 2 aromatic rings. The Morgan fingerprint density at radius 2 is 2.17 bits per heavy atom. The molecular weight excluding hydrogens is 346 g/mol. The molecule has 128 valence electrons. The van der Waals surface area contributed by atoms with Gasteiger partial charge in [-0.15, -0.1) is 11.3 Å². The summed E-state index contributed by atoms with van der Waals surface area (Å²) in [5.41, 5.74) is 2.60. The molecule has 1 aliphatic heterocycles. The van der Waals surface area contributed by atoms with Crippen LogP contribution in [0.15, 0.2) is 17.5 Å². The lowest BCUT2D eigenvalue weighted by Gasteiger charge is -2.15. The summed E-state index contributed by atoms with van der Waals surface area (Å²) in [4.78, 5) is 18.5. The van der Waals surface area contributed by atoms with Gasteiger partial charge in [0.2, 0.25) is 5.91 Å². The van der Waals surface area contributed by atoms with Crippen LogP contribution in [0.2, 0.25) is 5.02 Å². The van der Waals surface area contributed by atoms with E-state index in [1.54, 1.807) is 7.11 Å². The van der Waals surface area contributed by atoms with Crippen LogP contribution in [-0.4, -0.2) is 42.5 Å². The highest BCUT2D eigenvalue weighted by atomic mass is 35.5. The summed E-state index contributed by atoms with van der Waals surface area (Å²) in [6.45, 7) is 3.94. The summed E-state index contributed by atoms with van der Waals surface area (Å²) < 4.78 is 5.44. The topological polar surface area (TPSA) is 54.5 Å². The lowest BCUT2D eigenvalue weighted by atomic mass is 10.1. The molecule has 1 fully saturated rings. The van der Waals surface area contributed by atoms with Gasteiger partial charge in [-0.3, -0.25) is 4.79 Å². The lowest BCUT2D eigenvalue weighted by Crippen LogP contribution is -2.32. The number of nitrogens with one attached hydrogen (secondary N) is 1. The molecule has 0 atom stereocenters. The van der Waals surface area contributed by atoms with Crippen molar-refractivity contribution in [2.75, 3.05) is 32.1 Å². The Morgan fingerprint density at radius 3 is 2.88 bits per heavy atom. The van der Waals surface area contributed by atoms with Crippen LogP contribution in [0.4, 0.5) is 5.13 Å². The minimum absolute atomic E-state index is 0.125. The third-order valence-electron chi connectivity index (χ3n) is 4.11. The van der Waals surface area contributed by atoms with Gasteiger partial charge in [0.15, 0.2) is 5.13 Å². The minimum Gasteiger partial charge on any atom is -0.496 e. The van der Waals surface area contributed by atoms with Crippen molar-refractivity contribution in [3.05, 3.63) is 28.1 Å². The van der Waals surface area contributed by atoms with Crippen molar-refractivity contribution in [2.45, 2.75) is 19.8 Å². The maximum Gasteiger partial charge on any atom is 0.241 e. The molecule has 1 aliphatic rings. The Morgan fingerprint density at radius 1 is 1.42 bits per heavy atom. The SMILES string of the molecule is COc1cc(C)c(Cl)cc1-c1csc(NCC(=O)N2CCCC2)n1. The highest BCUT2D eigenvalue weighted by Crippen LogP contribution is 2.36. The number of likely N-dealkylation sites (tertiary alicyclic amines) is 1. The normalized spacial score (nSPS) is 14.0. The maximum absolute atomic E-state index is 12.1. The van der Waals surface area contributed by atoms with Gasteiger partial charge in [0.25, 0.3) is 0 Å². The molecule has 0 radical (unpaired) electrons. The van der Waals surface area contributed by atoms with Crippen molar-refractivity contribution in [1.82, 2.24) is 9.88 Å². The van der Waals surface area contributed by atoms with Crippen LogP contribution in [0.5, 0.6) is 5.75 Å². The van der Waals surface area contributed by atoms with Crippen molar-refractivity contribution in [3.8, 4) is 17.0 Å². The van der Waals surface area contributed by atoms with Gasteiger partial charge in [-0.2, -0.15) is 0 Å². The van der Waals surface area contributed by atoms with Crippen LogP contribution in [0, 0.1) is 6.92 Å². The molecular formula is C17H20ClN3O2S. The third-order valence-corrected chi connectivity index (χ3v) is 5.32. The average Bonchev–Trinajstić information content (AvgIpc) is 3.26. The zero-order valence-corrected chi connectivity index (χ0v) is 15.3. The second-order valence-electron chi connectivity index (χ2n) is 5.78. The van der Waals surface area contributed by atoms with Gasteiger partial charge >= 0.3 is 0 Å². The van der Waals surface area contributed by atoms with Gasteiger partial charge in [0, 0.05) is 29.1 Å². The van der Waals surface area contributed by atoms with E-state index in [-0.39, 0.29) is 12.5 Å². The van der Waals surface area contributed by atoms with Crippen LogP contribution in [0.3, 0.4) is 0 Å². The number of amides is 1. The molecule has 7 heteroatoms. The standard InChI is InChI=1S/C17H20ClN3O2S/c1-11-7-15(23-2)12(8-13(11)18)14-10-24-17(20-14)19-9-16(22)21-5-3-4-6-21/h7-8,10H,3-6,9H2,1-2H3,(H,19,20). The number of carbonyl (C=O) groups is 1. The number of thiazole rings is 1. The number of methoxy groups -OCH3 is 1. The molecule has 1 amide bonds. The van der Waals surface area contributed by atoms with E-state index in [0.29, 0.717) is 5.02 Å². The van der Waals surface area contributed by atoms with E-state index in [1.807, 2.05) is 29.3 Å². The minimum atomic E-state index is 0.125. The average molecular weight is 366 g/mol. The van der Waals surface area contributed by atoms with Gasteiger partial charge in [-0.1, -0.05) is 11.6 Å². The Labute approximate surface area is 150 Å². The van der Waals surface area contributed by atoms with E-state index in [9.17, 15) is 4.79 Å². The number of aromatic nitrogens is 1. The highest BCUT2D eigenvalue weighted by Gasteiger charge is 2.18. The second-order valence-corrected chi connectivity index (χ2v) is 7.05. The van der Waals surface area contributed by atoms with E-state index in [4.69, 9.17) is 16.3 Å². The van der Waals surface area contributed by atoms with Crippen molar-refractivity contribution in [2.24, 2.45) is 0 Å². The molecule has 1 aromatic carbocycles. The lowest BCUT2D eigenvalue weighted by molar-refractivity contribution is -0.128. The highest BCUT2D eigenvalue weighted by molar-refractivity contribution is 7.14. The Kier molecular flexibility index (Phi) is 5.26. The first kappa shape index (κ1) is 17.0. The molecule has 3 rings (SSSR count). The predicted molar refractivity (Wildman–Crippen MR) is 98.2 cm³/mol. The van der Waals surface area contributed by atoms with E-state index >= 15 is 0 Å². The Bertz CT molecular complexity index is 741. The molecule has 0 unspecified atom stereocenters. The van der Waals surface area contributed by atoms with E-state index in [1.165, 1.54) is 11.3 Å². The summed E-state index contributed by atoms with van der Waals surface area (Å²) in [6.07, 6.45) is 2.20. The Hall–Kier alpha value is -1.79. The number of carbonyl (C=O) groups excluding carboxylic acids is 1. The van der Waals surface area contributed by atoms with Crippen LogP contribution in [0.1, 0.15) is 18.4 Å². The summed E-state index contributed by atoms with van der Waals surface area (Å²) in [5, 5.41) is 6.45. The summed E-state index contributed by atoms with van der Waals surface area (Å²) >= 11 is 7.70. The van der Waals surface area contributed by atoms with Crippen molar-refractivity contribution >= 4 is 34.0 Å². The van der Waals surface area contributed by atoms with Gasteiger partial charge in [0.1, 0.15) is 5.75 Å². The quantitative estimate of drug-likeness (QED) is 0.875. The fourth-order valence-corrected chi connectivity index (χ4v) is 3.61. The number of anilines is 1. The van der Waals surface area contributed by atoms with Crippen molar-refractivity contribution < 1.29 is 9.53 Å². The van der Waals surface area contributed by atoms with Crippen molar-refractivity contribution in [1.29, 1.82) is 0 Å².